The lowest BCUT2D eigenvalue weighted by atomic mass is 9.73. The molecule has 1 unspecified atom stereocenters. The van der Waals surface area contributed by atoms with Crippen molar-refractivity contribution in [3.05, 3.63) is 95.3 Å². The van der Waals surface area contributed by atoms with Gasteiger partial charge in [0.25, 0.3) is 0 Å². The Bertz CT molecular complexity index is 1050. The molecule has 0 saturated heterocycles. The number of hydrogen-bond donors (Lipinski definition) is 2. The van der Waals surface area contributed by atoms with Crippen molar-refractivity contribution in [2.24, 2.45) is 0 Å². The molecule has 31 heavy (non-hydrogen) atoms. The highest BCUT2D eigenvalue weighted by Gasteiger charge is 2.36. The summed E-state index contributed by atoms with van der Waals surface area (Å²) in [4.78, 5) is 16.1. The molecule has 2 aromatic carbocycles. The summed E-state index contributed by atoms with van der Waals surface area (Å²) in [5.74, 6) is -0.280. The smallest absolute Gasteiger partial charge is 0.338 e. The van der Waals surface area contributed by atoms with Gasteiger partial charge in [0, 0.05) is 36.1 Å². The largest absolute Gasteiger partial charge is 0.457 e. The van der Waals surface area contributed by atoms with E-state index in [4.69, 9.17) is 4.74 Å². The standard InChI is InChI=1S/C26H28N2O3/c1-25(2,20-8-4-3-5-9-20)17-26(30,15-22-10-6-7-13-27-22)18-28-21-11-12-23-19(14-21)16-31-24(23)29/h3-14,28,30H,15-18H2,1-2H3. The Morgan fingerprint density at radius 3 is 2.58 bits per heavy atom. The number of esters is 1. The fourth-order valence-electron chi connectivity index (χ4n) is 4.35. The van der Waals surface area contributed by atoms with E-state index in [9.17, 15) is 9.90 Å². The number of aliphatic hydroxyl groups is 1. The molecular formula is C26H28N2O3. The van der Waals surface area contributed by atoms with Gasteiger partial charge in [0.2, 0.25) is 0 Å². The Morgan fingerprint density at radius 2 is 1.84 bits per heavy atom. The van der Waals surface area contributed by atoms with Crippen LogP contribution in [0.2, 0.25) is 0 Å². The van der Waals surface area contributed by atoms with Crippen molar-refractivity contribution in [1.29, 1.82) is 0 Å². The second kappa shape index (κ2) is 8.52. The van der Waals surface area contributed by atoms with Crippen molar-refractivity contribution in [3.8, 4) is 0 Å². The zero-order valence-corrected chi connectivity index (χ0v) is 18.0. The van der Waals surface area contributed by atoms with Crippen LogP contribution < -0.4 is 5.32 Å². The van der Waals surface area contributed by atoms with Crippen LogP contribution in [0, 0.1) is 0 Å². The molecule has 160 valence electrons. The Labute approximate surface area is 183 Å². The van der Waals surface area contributed by atoms with Gasteiger partial charge in [-0.2, -0.15) is 0 Å². The number of nitrogens with one attached hydrogen (secondary N) is 1. The number of hydrogen-bond acceptors (Lipinski definition) is 5. The van der Waals surface area contributed by atoms with Crippen LogP contribution in [0.1, 0.15) is 47.4 Å². The van der Waals surface area contributed by atoms with E-state index in [0.717, 1.165) is 16.9 Å². The second-order valence-electron chi connectivity index (χ2n) is 8.95. The summed E-state index contributed by atoms with van der Waals surface area (Å²) in [6, 6.07) is 21.6. The van der Waals surface area contributed by atoms with Gasteiger partial charge in [-0.15, -0.1) is 0 Å². The maximum atomic E-state index is 11.8. The summed E-state index contributed by atoms with van der Waals surface area (Å²) in [5, 5.41) is 15.2. The molecule has 2 heterocycles. The quantitative estimate of drug-likeness (QED) is 0.529. The van der Waals surface area contributed by atoms with E-state index in [1.54, 1.807) is 12.3 Å². The van der Waals surface area contributed by atoms with Gasteiger partial charge < -0.3 is 15.2 Å². The molecule has 5 heteroatoms. The molecule has 0 bridgehead atoms. The highest BCUT2D eigenvalue weighted by Crippen LogP contribution is 2.34. The second-order valence-corrected chi connectivity index (χ2v) is 8.95. The van der Waals surface area contributed by atoms with Crippen LogP contribution in [0.3, 0.4) is 0 Å². The van der Waals surface area contributed by atoms with Gasteiger partial charge in [0.15, 0.2) is 0 Å². The zero-order valence-electron chi connectivity index (χ0n) is 18.0. The predicted molar refractivity (Wildman–Crippen MR) is 121 cm³/mol. The molecule has 0 amide bonds. The molecule has 2 N–H and O–H groups in total. The Balaban J connectivity index is 1.56. The number of benzene rings is 2. The normalized spacial score (nSPS) is 15.1. The van der Waals surface area contributed by atoms with Gasteiger partial charge in [-0.1, -0.05) is 50.2 Å². The third-order valence-electron chi connectivity index (χ3n) is 5.87. The minimum atomic E-state index is -1.03. The van der Waals surface area contributed by atoms with Crippen LogP contribution in [0.15, 0.2) is 72.9 Å². The number of rotatable bonds is 8. The molecule has 5 nitrogen and oxygen atoms in total. The average Bonchev–Trinajstić information content (AvgIpc) is 3.13. The minimum absolute atomic E-state index is 0.231. The zero-order chi connectivity index (χ0) is 21.9. The van der Waals surface area contributed by atoms with Gasteiger partial charge >= 0.3 is 5.97 Å². The van der Waals surface area contributed by atoms with E-state index >= 15 is 0 Å². The molecule has 0 fully saturated rings. The van der Waals surface area contributed by atoms with E-state index in [-0.39, 0.29) is 11.4 Å². The number of anilines is 1. The molecular weight excluding hydrogens is 388 g/mol. The summed E-state index contributed by atoms with van der Waals surface area (Å²) in [6.45, 7) is 4.96. The topological polar surface area (TPSA) is 71.4 Å². The van der Waals surface area contributed by atoms with Crippen molar-refractivity contribution in [2.75, 3.05) is 11.9 Å². The number of cyclic esters (lactones) is 1. The van der Waals surface area contributed by atoms with Crippen molar-refractivity contribution < 1.29 is 14.6 Å². The molecule has 4 rings (SSSR count). The Hall–Kier alpha value is -3.18. The molecule has 1 atom stereocenters. The molecule has 0 spiro atoms. The Morgan fingerprint density at radius 1 is 1.06 bits per heavy atom. The minimum Gasteiger partial charge on any atom is -0.457 e. The predicted octanol–water partition coefficient (Wildman–Crippen LogP) is 4.51. The lowest BCUT2D eigenvalue weighted by Crippen LogP contribution is -2.44. The fraction of sp³-hybridized carbons (Fsp3) is 0.308. The van der Waals surface area contributed by atoms with Gasteiger partial charge in [-0.25, -0.2) is 4.79 Å². The molecule has 1 aromatic heterocycles. The van der Waals surface area contributed by atoms with Gasteiger partial charge in [-0.05, 0) is 47.7 Å². The first-order valence-corrected chi connectivity index (χ1v) is 10.6. The number of pyridine rings is 1. The van der Waals surface area contributed by atoms with Crippen molar-refractivity contribution in [2.45, 2.75) is 44.3 Å². The van der Waals surface area contributed by atoms with Gasteiger partial charge in [0.05, 0.1) is 11.2 Å². The molecule has 3 aromatic rings. The number of carbonyl (C=O) groups excluding carboxylic acids is 1. The van der Waals surface area contributed by atoms with Crippen LogP contribution >= 0.6 is 0 Å². The summed E-state index contributed by atoms with van der Waals surface area (Å²) < 4.78 is 5.09. The maximum absolute atomic E-state index is 11.8. The molecule has 0 radical (unpaired) electrons. The van der Waals surface area contributed by atoms with Crippen LogP contribution in [0.5, 0.6) is 0 Å². The number of carbonyl (C=O) groups is 1. The fourth-order valence-corrected chi connectivity index (χ4v) is 4.35. The van der Waals surface area contributed by atoms with Crippen molar-refractivity contribution in [1.82, 2.24) is 4.98 Å². The summed E-state index contributed by atoms with van der Waals surface area (Å²) in [6.07, 6.45) is 2.74. The molecule has 0 saturated carbocycles. The number of fused-ring (bicyclic) bond motifs is 1. The molecule has 1 aliphatic heterocycles. The van der Waals surface area contributed by atoms with Crippen LogP contribution in [-0.4, -0.2) is 28.2 Å². The first-order valence-electron chi connectivity index (χ1n) is 10.6. The molecule has 0 aliphatic carbocycles. The first-order chi connectivity index (χ1) is 14.8. The van der Waals surface area contributed by atoms with Crippen LogP contribution in [0.25, 0.3) is 0 Å². The highest BCUT2D eigenvalue weighted by atomic mass is 16.5. The van der Waals surface area contributed by atoms with Gasteiger partial charge in [0.1, 0.15) is 6.61 Å². The Kier molecular flexibility index (Phi) is 5.79. The van der Waals surface area contributed by atoms with Crippen molar-refractivity contribution >= 4 is 11.7 Å². The lowest BCUT2D eigenvalue weighted by molar-refractivity contribution is 0.0248. The first kappa shape index (κ1) is 21.1. The van der Waals surface area contributed by atoms with E-state index in [1.807, 2.05) is 48.5 Å². The average molecular weight is 417 g/mol. The van der Waals surface area contributed by atoms with E-state index in [1.165, 1.54) is 5.56 Å². The summed E-state index contributed by atoms with van der Waals surface area (Å²) in [5.41, 5.74) is 3.11. The van der Waals surface area contributed by atoms with Crippen LogP contribution in [-0.2, 0) is 23.2 Å². The molecule has 1 aliphatic rings. The van der Waals surface area contributed by atoms with Crippen molar-refractivity contribution in [3.63, 3.8) is 0 Å². The lowest BCUT2D eigenvalue weighted by Gasteiger charge is -2.37. The summed E-state index contributed by atoms with van der Waals surface area (Å²) >= 11 is 0. The van der Waals surface area contributed by atoms with E-state index in [0.29, 0.717) is 31.6 Å². The maximum Gasteiger partial charge on any atom is 0.338 e. The SMILES string of the molecule is CC(C)(CC(O)(CNc1ccc2c(c1)COC2=O)Cc1ccccn1)c1ccccc1. The summed E-state index contributed by atoms with van der Waals surface area (Å²) in [7, 11) is 0. The monoisotopic (exact) mass is 416 g/mol. The van der Waals surface area contributed by atoms with Crippen LogP contribution in [0.4, 0.5) is 5.69 Å². The number of aromatic nitrogens is 1. The van der Waals surface area contributed by atoms with E-state index in [2.05, 4.69) is 36.3 Å². The third kappa shape index (κ3) is 4.94. The number of nitrogens with zero attached hydrogens (tertiary/aromatic N) is 1. The third-order valence-corrected chi connectivity index (χ3v) is 5.87. The van der Waals surface area contributed by atoms with Gasteiger partial charge in [-0.3, -0.25) is 4.98 Å². The highest BCUT2D eigenvalue weighted by molar-refractivity contribution is 5.93. The van der Waals surface area contributed by atoms with E-state index < -0.39 is 5.60 Å². The number of ether oxygens (including phenoxy) is 1.